The van der Waals surface area contributed by atoms with Crippen LogP contribution in [0.4, 0.5) is 0 Å². The van der Waals surface area contributed by atoms with E-state index in [-0.39, 0.29) is 0 Å². The highest BCUT2D eigenvalue weighted by molar-refractivity contribution is 7.13. The molecule has 0 spiro atoms. The van der Waals surface area contributed by atoms with Crippen LogP contribution in [0.15, 0.2) is 60.7 Å². The third kappa shape index (κ3) is 4.48. The summed E-state index contributed by atoms with van der Waals surface area (Å²) in [5, 5.41) is 3.36. The van der Waals surface area contributed by atoms with Gasteiger partial charge in [0.05, 0.1) is 11.4 Å². The minimum Gasteiger partial charge on any atom is -0.277 e. The van der Waals surface area contributed by atoms with E-state index in [0.29, 0.717) is 33.0 Å². The highest BCUT2D eigenvalue weighted by atomic mass is 32.1. The molecule has 2 aliphatic heterocycles. The van der Waals surface area contributed by atoms with Crippen LogP contribution in [0.3, 0.4) is 0 Å². The molecule has 47 heavy (non-hydrogen) atoms. The molecule has 0 atom stereocenters. The quantitative estimate of drug-likeness (QED) is 0.154. The van der Waals surface area contributed by atoms with Crippen molar-refractivity contribution < 1.29 is 19.2 Å². The molecule has 236 valence electrons. The molecule has 4 amide bonds. The van der Waals surface area contributed by atoms with Gasteiger partial charge in [-0.15, -0.1) is 11.3 Å². The van der Waals surface area contributed by atoms with E-state index in [9.17, 15) is 19.2 Å². The number of thiophene rings is 1. The number of amides is 4. The second kappa shape index (κ2) is 11.8. The van der Waals surface area contributed by atoms with Gasteiger partial charge in [-0.2, -0.15) is 0 Å². The number of carbonyl (C=O) groups is 4. The first-order valence-electron chi connectivity index (χ1n) is 15.7. The van der Waals surface area contributed by atoms with Crippen LogP contribution < -0.4 is 0 Å². The van der Waals surface area contributed by atoms with Crippen LogP contribution in [0.25, 0.3) is 55.1 Å². The van der Waals surface area contributed by atoms with E-state index in [2.05, 4.69) is 50.2 Å². The second-order valence-electron chi connectivity index (χ2n) is 11.0. The highest BCUT2D eigenvalue weighted by Gasteiger charge is 2.37. The molecule has 2 aromatic heterocycles. The van der Waals surface area contributed by atoms with Gasteiger partial charge in [0.25, 0.3) is 23.6 Å². The fraction of sp³-hybridized carbons (Fsp3) is 0.211. The summed E-state index contributed by atoms with van der Waals surface area (Å²) in [5.74, 6) is -1.72. The van der Waals surface area contributed by atoms with Gasteiger partial charge in [0, 0.05) is 73.4 Å². The maximum Gasteiger partial charge on any atom is 0.261 e. The molecule has 0 saturated carbocycles. The Labute approximate surface area is 276 Å². The Morgan fingerprint density at radius 2 is 0.830 bits per heavy atom. The fourth-order valence-corrected chi connectivity index (χ4v) is 7.42. The standard InChI is InChI=1S/C18H12N2S.C16H10N2O4.2C2H6/c1-9-15-16(10(2)21-9)20-18-13-8-4-6-11-5-3-7-12(14(11)13)17(18)19-15;1-17-13(19)7-3-5-9-12-10(16(22)18(2)15(9)21)6-4-8(11(7)12)14(17)20;2*1-2/h3-8H,1-2H3;3-6H,1-2H3;2*1-2H3. The highest BCUT2D eigenvalue weighted by Crippen LogP contribution is 2.46. The molecule has 0 fully saturated rings. The molecule has 0 N–H and O–H groups in total. The van der Waals surface area contributed by atoms with Crippen molar-refractivity contribution in [2.75, 3.05) is 14.1 Å². The van der Waals surface area contributed by atoms with Crippen molar-refractivity contribution in [2.24, 2.45) is 0 Å². The summed E-state index contributed by atoms with van der Waals surface area (Å²) in [6, 6.07) is 19.0. The van der Waals surface area contributed by atoms with Crippen LogP contribution in [-0.4, -0.2) is 57.5 Å². The average molecular weight is 643 g/mol. The monoisotopic (exact) mass is 642 g/mol. The maximum atomic E-state index is 12.3. The van der Waals surface area contributed by atoms with E-state index in [1.165, 1.54) is 70.0 Å². The van der Waals surface area contributed by atoms with Gasteiger partial charge < -0.3 is 0 Å². The number of aromatic nitrogens is 2. The van der Waals surface area contributed by atoms with E-state index < -0.39 is 23.6 Å². The Bertz CT molecular complexity index is 2110. The predicted molar refractivity (Wildman–Crippen MR) is 188 cm³/mol. The van der Waals surface area contributed by atoms with Crippen LogP contribution in [0.5, 0.6) is 0 Å². The third-order valence-corrected chi connectivity index (χ3v) is 9.58. The molecular formula is C38H34N4O4S. The Kier molecular flexibility index (Phi) is 7.97. The van der Waals surface area contributed by atoms with Crippen molar-refractivity contribution in [3.05, 3.63) is 92.7 Å². The zero-order valence-corrected chi connectivity index (χ0v) is 28.4. The van der Waals surface area contributed by atoms with Crippen LogP contribution in [0.2, 0.25) is 0 Å². The molecule has 3 aliphatic rings. The number of nitrogens with zero attached hydrogens (tertiary/aromatic N) is 4. The fourth-order valence-electron chi connectivity index (χ4n) is 6.48. The summed E-state index contributed by atoms with van der Waals surface area (Å²) in [4.78, 5) is 63.7. The summed E-state index contributed by atoms with van der Waals surface area (Å²) in [6.45, 7) is 12.3. The average Bonchev–Trinajstić information content (AvgIpc) is 3.58. The topological polar surface area (TPSA) is 101 Å². The zero-order valence-electron chi connectivity index (χ0n) is 27.6. The molecule has 9 rings (SSSR count). The largest absolute Gasteiger partial charge is 0.277 e. The molecule has 0 bridgehead atoms. The lowest BCUT2D eigenvalue weighted by Gasteiger charge is -2.29. The Morgan fingerprint density at radius 1 is 0.489 bits per heavy atom. The van der Waals surface area contributed by atoms with Gasteiger partial charge in [0.1, 0.15) is 11.0 Å². The maximum absolute atomic E-state index is 12.3. The van der Waals surface area contributed by atoms with Crippen molar-refractivity contribution in [3.8, 4) is 22.5 Å². The van der Waals surface area contributed by atoms with Crippen molar-refractivity contribution in [1.82, 2.24) is 19.8 Å². The number of hydrogen-bond acceptors (Lipinski definition) is 7. The molecule has 0 unspecified atom stereocenters. The number of imide groups is 2. The smallest absolute Gasteiger partial charge is 0.261 e. The minimum absolute atomic E-state index is 0.336. The zero-order chi connectivity index (χ0) is 33.9. The summed E-state index contributed by atoms with van der Waals surface area (Å²) >= 11 is 1.78. The second-order valence-corrected chi connectivity index (χ2v) is 12.4. The van der Waals surface area contributed by atoms with E-state index in [1.807, 2.05) is 27.7 Å². The minimum atomic E-state index is -0.431. The van der Waals surface area contributed by atoms with Crippen molar-refractivity contribution in [2.45, 2.75) is 41.5 Å². The van der Waals surface area contributed by atoms with Crippen molar-refractivity contribution >= 4 is 67.5 Å². The SMILES string of the molecule is CC.CC.CN1C(=O)c2ccc3c4c(ccc(c24)C1=O)C(=O)N(C)C3=O.Cc1sc(C)c2nc3c(nc12)-c1cccc2cccc-3c12. The van der Waals surface area contributed by atoms with Gasteiger partial charge in [-0.05, 0) is 43.5 Å². The first kappa shape index (κ1) is 31.7. The third-order valence-electron chi connectivity index (χ3n) is 8.58. The number of fused-ring (bicyclic) bond motifs is 4. The Morgan fingerprint density at radius 3 is 1.17 bits per heavy atom. The molecule has 0 saturated heterocycles. The lowest BCUT2D eigenvalue weighted by Crippen LogP contribution is -2.40. The molecule has 6 aromatic rings. The van der Waals surface area contributed by atoms with E-state index in [1.54, 1.807) is 11.3 Å². The molecule has 1 aliphatic carbocycles. The van der Waals surface area contributed by atoms with E-state index in [4.69, 9.17) is 9.97 Å². The van der Waals surface area contributed by atoms with Gasteiger partial charge in [-0.3, -0.25) is 29.0 Å². The molecule has 9 heteroatoms. The van der Waals surface area contributed by atoms with E-state index in [0.717, 1.165) is 32.2 Å². The van der Waals surface area contributed by atoms with Gasteiger partial charge in [0.2, 0.25) is 0 Å². The Hall–Kier alpha value is -5.28. The van der Waals surface area contributed by atoms with Crippen LogP contribution >= 0.6 is 11.3 Å². The number of aryl methyl sites for hydroxylation is 2. The molecule has 8 nitrogen and oxygen atoms in total. The first-order chi connectivity index (χ1) is 22.7. The number of rotatable bonds is 0. The predicted octanol–water partition coefficient (Wildman–Crippen LogP) is 8.45. The van der Waals surface area contributed by atoms with Crippen LogP contribution in [-0.2, 0) is 0 Å². The van der Waals surface area contributed by atoms with Crippen LogP contribution in [0, 0.1) is 13.8 Å². The van der Waals surface area contributed by atoms with Crippen molar-refractivity contribution in [1.29, 1.82) is 0 Å². The van der Waals surface area contributed by atoms with Gasteiger partial charge in [-0.1, -0.05) is 64.1 Å². The summed E-state index contributed by atoms with van der Waals surface area (Å²) in [7, 11) is 2.83. The normalized spacial score (nSPS) is 13.6. The van der Waals surface area contributed by atoms with Gasteiger partial charge in [0.15, 0.2) is 0 Å². The van der Waals surface area contributed by atoms with E-state index >= 15 is 0 Å². The van der Waals surface area contributed by atoms with Gasteiger partial charge in [-0.25, -0.2) is 9.97 Å². The molecule has 4 heterocycles. The molecular weight excluding hydrogens is 609 g/mol. The first-order valence-corrected chi connectivity index (χ1v) is 16.5. The Balaban J connectivity index is 0.000000149. The lowest BCUT2D eigenvalue weighted by molar-refractivity contribution is 0.0629. The number of hydrogen-bond donors (Lipinski definition) is 0. The molecule has 0 radical (unpaired) electrons. The van der Waals surface area contributed by atoms with Crippen molar-refractivity contribution in [3.63, 3.8) is 0 Å². The lowest BCUT2D eigenvalue weighted by atomic mass is 9.86. The summed E-state index contributed by atoms with van der Waals surface area (Å²) < 4.78 is 0. The van der Waals surface area contributed by atoms with Crippen LogP contribution in [0.1, 0.15) is 78.9 Å². The number of carbonyl (C=O) groups excluding carboxylic acids is 4. The molecule has 4 aromatic carbocycles. The summed E-state index contributed by atoms with van der Waals surface area (Å²) in [5.41, 5.74) is 7.97. The number of benzene rings is 4. The summed E-state index contributed by atoms with van der Waals surface area (Å²) in [6.07, 6.45) is 0. The van der Waals surface area contributed by atoms with Gasteiger partial charge >= 0.3 is 0 Å².